The van der Waals surface area contributed by atoms with Crippen LogP contribution in [0.25, 0.3) is 0 Å². The predicted molar refractivity (Wildman–Crippen MR) is 58.7 cm³/mol. The van der Waals surface area contributed by atoms with E-state index in [0.29, 0.717) is 6.42 Å². The highest BCUT2D eigenvalue weighted by Gasteiger charge is 2.20. The smallest absolute Gasteiger partial charge is 0.178 e. The Kier molecular flexibility index (Phi) is 4.22. The molecule has 0 bridgehead atoms. The molecule has 82 valence electrons. The molecule has 0 aliphatic heterocycles. The first kappa shape index (κ1) is 12.6. The van der Waals surface area contributed by atoms with Crippen molar-refractivity contribution in [3.05, 3.63) is 34.4 Å². The molecule has 0 aliphatic carbocycles. The Hall–Kier alpha value is -0.480. The molecule has 15 heavy (non-hydrogen) atoms. The number of carbonyl (C=O) groups is 1. The SMILES string of the molecule is CCC(Br)C(=O)c1cc(F)c(F)cc1Cl. The van der Waals surface area contributed by atoms with E-state index in [0.717, 1.165) is 12.1 Å². The highest BCUT2D eigenvalue weighted by Crippen LogP contribution is 2.23. The third-order valence-corrected chi connectivity index (χ3v) is 3.29. The molecule has 0 aliphatic rings. The van der Waals surface area contributed by atoms with Gasteiger partial charge in [0.15, 0.2) is 17.4 Å². The molecular weight excluding hydrogens is 289 g/mol. The van der Waals surface area contributed by atoms with Gasteiger partial charge in [0.05, 0.1) is 9.85 Å². The quantitative estimate of drug-likeness (QED) is 0.469. The van der Waals surface area contributed by atoms with E-state index in [1.807, 2.05) is 0 Å². The van der Waals surface area contributed by atoms with Crippen LogP contribution in [0.1, 0.15) is 23.7 Å². The van der Waals surface area contributed by atoms with E-state index in [1.165, 1.54) is 0 Å². The zero-order valence-corrected chi connectivity index (χ0v) is 10.2. The van der Waals surface area contributed by atoms with Crippen molar-refractivity contribution in [3.63, 3.8) is 0 Å². The van der Waals surface area contributed by atoms with Crippen molar-refractivity contribution in [1.82, 2.24) is 0 Å². The lowest BCUT2D eigenvalue weighted by atomic mass is 10.1. The first-order valence-electron chi connectivity index (χ1n) is 4.30. The van der Waals surface area contributed by atoms with E-state index >= 15 is 0 Å². The molecule has 0 N–H and O–H groups in total. The fraction of sp³-hybridized carbons (Fsp3) is 0.300. The summed E-state index contributed by atoms with van der Waals surface area (Å²) in [5.41, 5.74) is -0.000656. The van der Waals surface area contributed by atoms with Crippen molar-refractivity contribution in [3.8, 4) is 0 Å². The van der Waals surface area contributed by atoms with Crippen LogP contribution in [0, 0.1) is 11.6 Å². The maximum absolute atomic E-state index is 12.9. The number of alkyl halides is 1. The molecule has 0 fully saturated rings. The van der Waals surface area contributed by atoms with E-state index < -0.39 is 16.5 Å². The van der Waals surface area contributed by atoms with Crippen molar-refractivity contribution < 1.29 is 13.6 Å². The normalized spacial score (nSPS) is 12.6. The van der Waals surface area contributed by atoms with Gasteiger partial charge in [0.1, 0.15) is 0 Å². The minimum Gasteiger partial charge on any atom is -0.293 e. The van der Waals surface area contributed by atoms with Crippen LogP contribution in [0.5, 0.6) is 0 Å². The highest BCUT2D eigenvalue weighted by atomic mass is 79.9. The van der Waals surface area contributed by atoms with Gasteiger partial charge in [0, 0.05) is 5.56 Å². The average molecular weight is 298 g/mol. The van der Waals surface area contributed by atoms with Gasteiger partial charge in [-0.2, -0.15) is 0 Å². The molecule has 0 spiro atoms. The molecule has 0 saturated heterocycles. The second-order valence-electron chi connectivity index (χ2n) is 2.99. The van der Waals surface area contributed by atoms with Gasteiger partial charge in [-0.15, -0.1) is 0 Å². The molecule has 0 saturated carbocycles. The van der Waals surface area contributed by atoms with E-state index in [9.17, 15) is 13.6 Å². The summed E-state index contributed by atoms with van der Waals surface area (Å²) in [5, 5.41) is -0.0724. The Morgan fingerprint density at radius 1 is 1.47 bits per heavy atom. The van der Waals surface area contributed by atoms with Gasteiger partial charge < -0.3 is 0 Å². The van der Waals surface area contributed by atoms with Crippen molar-refractivity contribution in [2.24, 2.45) is 0 Å². The van der Waals surface area contributed by atoms with Gasteiger partial charge in [-0.1, -0.05) is 34.5 Å². The van der Waals surface area contributed by atoms with Crippen LogP contribution in [0.4, 0.5) is 8.78 Å². The number of hydrogen-bond acceptors (Lipinski definition) is 1. The number of ketones is 1. The Morgan fingerprint density at radius 2 is 2.00 bits per heavy atom. The fourth-order valence-corrected chi connectivity index (χ4v) is 1.56. The molecule has 0 radical (unpaired) electrons. The predicted octanol–water partition coefficient (Wildman–Crippen LogP) is 3.97. The molecule has 1 aromatic carbocycles. The summed E-state index contributed by atoms with van der Waals surface area (Å²) in [6.45, 7) is 1.80. The van der Waals surface area contributed by atoms with Gasteiger partial charge in [0.25, 0.3) is 0 Å². The lowest BCUT2D eigenvalue weighted by Crippen LogP contribution is -2.14. The average Bonchev–Trinajstić information content (AvgIpc) is 2.21. The molecule has 1 aromatic rings. The molecule has 0 aromatic heterocycles. The van der Waals surface area contributed by atoms with Gasteiger partial charge >= 0.3 is 0 Å². The van der Waals surface area contributed by atoms with E-state index in [2.05, 4.69) is 15.9 Å². The van der Waals surface area contributed by atoms with Crippen LogP contribution < -0.4 is 0 Å². The summed E-state index contributed by atoms with van der Waals surface area (Å²) in [5.74, 6) is -2.47. The number of halogens is 4. The van der Waals surface area contributed by atoms with Gasteiger partial charge in [0.2, 0.25) is 0 Å². The van der Waals surface area contributed by atoms with E-state index in [4.69, 9.17) is 11.6 Å². The Bertz CT molecular complexity index is 395. The molecule has 0 heterocycles. The molecule has 0 amide bonds. The third kappa shape index (κ3) is 2.75. The summed E-state index contributed by atoms with van der Waals surface area (Å²) in [6.07, 6.45) is 0.550. The first-order valence-corrected chi connectivity index (χ1v) is 5.59. The number of rotatable bonds is 3. The van der Waals surface area contributed by atoms with Crippen LogP contribution >= 0.6 is 27.5 Å². The standard InChI is InChI=1S/C10H8BrClF2O/c1-2-6(11)10(15)5-3-8(13)9(14)4-7(5)12/h3-4,6H,2H2,1H3. The Morgan fingerprint density at radius 3 is 2.53 bits per heavy atom. The number of benzene rings is 1. The van der Waals surface area contributed by atoms with Crippen LogP contribution in [-0.4, -0.2) is 10.6 Å². The van der Waals surface area contributed by atoms with Crippen LogP contribution in [-0.2, 0) is 0 Å². The Labute approximate surface area is 99.6 Å². The lowest BCUT2D eigenvalue weighted by Gasteiger charge is -2.08. The van der Waals surface area contributed by atoms with Crippen molar-refractivity contribution in [2.45, 2.75) is 18.2 Å². The highest BCUT2D eigenvalue weighted by molar-refractivity contribution is 9.10. The number of hydrogen-bond donors (Lipinski definition) is 0. The third-order valence-electron chi connectivity index (χ3n) is 1.92. The second kappa shape index (κ2) is 5.03. The molecule has 1 atom stereocenters. The topological polar surface area (TPSA) is 17.1 Å². The molecular formula is C10H8BrClF2O. The zero-order chi connectivity index (χ0) is 11.6. The second-order valence-corrected chi connectivity index (χ2v) is 4.50. The fourth-order valence-electron chi connectivity index (χ4n) is 1.07. The number of Topliss-reactive ketones (excluding diaryl/α,β-unsaturated/α-hetero) is 1. The van der Waals surface area contributed by atoms with Crippen LogP contribution in [0.2, 0.25) is 5.02 Å². The van der Waals surface area contributed by atoms with Crippen LogP contribution in [0.15, 0.2) is 12.1 Å². The zero-order valence-electron chi connectivity index (χ0n) is 7.86. The molecule has 1 unspecified atom stereocenters. The van der Waals surface area contributed by atoms with Crippen molar-refractivity contribution in [1.29, 1.82) is 0 Å². The summed E-state index contributed by atoms with van der Waals surface area (Å²) < 4.78 is 25.6. The van der Waals surface area contributed by atoms with E-state index in [1.54, 1.807) is 6.92 Å². The molecule has 1 rings (SSSR count). The van der Waals surface area contributed by atoms with Gasteiger partial charge in [-0.05, 0) is 18.6 Å². The van der Waals surface area contributed by atoms with Crippen molar-refractivity contribution in [2.75, 3.05) is 0 Å². The molecule has 1 nitrogen and oxygen atoms in total. The molecule has 5 heteroatoms. The number of carbonyl (C=O) groups excluding carboxylic acids is 1. The summed E-state index contributed by atoms with van der Waals surface area (Å²) in [6, 6.07) is 1.63. The minimum absolute atomic E-state index is 0.000656. The lowest BCUT2D eigenvalue weighted by molar-refractivity contribution is 0.0990. The minimum atomic E-state index is -1.07. The summed E-state index contributed by atoms with van der Waals surface area (Å²) in [4.78, 5) is 11.2. The summed E-state index contributed by atoms with van der Waals surface area (Å²) >= 11 is 8.78. The first-order chi connectivity index (χ1) is 6.97. The monoisotopic (exact) mass is 296 g/mol. The van der Waals surface area contributed by atoms with Gasteiger partial charge in [-0.3, -0.25) is 4.79 Å². The maximum atomic E-state index is 12.9. The Balaban J connectivity index is 3.15. The van der Waals surface area contributed by atoms with Crippen LogP contribution in [0.3, 0.4) is 0 Å². The van der Waals surface area contributed by atoms with Gasteiger partial charge in [-0.25, -0.2) is 8.78 Å². The summed E-state index contributed by atoms with van der Waals surface area (Å²) in [7, 11) is 0. The van der Waals surface area contributed by atoms with Crippen molar-refractivity contribution >= 4 is 33.3 Å². The maximum Gasteiger partial charge on any atom is 0.178 e. The van der Waals surface area contributed by atoms with E-state index in [-0.39, 0.29) is 16.4 Å². The largest absolute Gasteiger partial charge is 0.293 e.